The number of rotatable bonds is 7. The van der Waals surface area contributed by atoms with Gasteiger partial charge in [0.25, 0.3) is 0 Å². The molecule has 23 heavy (non-hydrogen) atoms. The lowest BCUT2D eigenvalue weighted by Crippen LogP contribution is -2.39. The Balaban J connectivity index is 2.14. The largest absolute Gasteiger partial charge is 0.438 e. The first-order valence-electron chi connectivity index (χ1n) is 7.20. The molecule has 2 aromatic rings. The monoisotopic (exact) mass is 333 g/mol. The lowest BCUT2D eigenvalue weighted by Gasteiger charge is -2.05. The van der Waals surface area contributed by atoms with Crippen LogP contribution < -0.4 is 10.3 Å². The Labute approximate surface area is 137 Å². The number of unbranched alkanes of at least 4 members (excludes halogenated alkanes) is 1. The fourth-order valence-electron chi connectivity index (χ4n) is 2.01. The third kappa shape index (κ3) is 4.07. The number of aromatic nitrogens is 3. The number of hydrogen-bond donors (Lipinski definition) is 1. The maximum Gasteiger partial charge on any atom is 0.438 e. The van der Waals surface area contributed by atoms with Gasteiger partial charge in [-0.05, 0) is 30.2 Å². The van der Waals surface area contributed by atoms with Gasteiger partial charge < -0.3 is 0 Å². The zero-order valence-electron chi connectivity index (χ0n) is 13.0. The van der Waals surface area contributed by atoms with Gasteiger partial charge in [0.05, 0.1) is 11.3 Å². The number of carbonyl (C=O) groups excluding carboxylic acids is 1. The van der Waals surface area contributed by atoms with Gasteiger partial charge in [-0.3, -0.25) is 9.32 Å². The van der Waals surface area contributed by atoms with Gasteiger partial charge >= 0.3 is 11.3 Å². The van der Waals surface area contributed by atoms with Crippen LogP contribution in [0, 0.1) is 11.3 Å². The maximum absolute atomic E-state index is 12.1. The summed E-state index contributed by atoms with van der Waals surface area (Å²) in [5.74, 6) is -0.368. The molecule has 120 valence electrons. The molecule has 0 fully saturated rings. The van der Waals surface area contributed by atoms with Gasteiger partial charge in [0.15, 0.2) is 7.05 Å². The zero-order chi connectivity index (χ0) is 16.8. The molecule has 0 radical (unpaired) electrons. The van der Waals surface area contributed by atoms with E-state index in [1.54, 1.807) is 6.07 Å². The van der Waals surface area contributed by atoms with Gasteiger partial charge in [0.1, 0.15) is 11.1 Å². The van der Waals surface area contributed by atoms with Gasteiger partial charge in [0.2, 0.25) is 5.78 Å². The Morgan fingerprint density at radius 1 is 1.52 bits per heavy atom. The van der Waals surface area contributed by atoms with E-state index in [1.165, 1.54) is 11.7 Å². The smallest absolute Gasteiger partial charge is 0.286 e. The predicted octanol–water partition coefficient (Wildman–Crippen LogP) is 1.38. The quantitative estimate of drug-likeness (QED) is 0.466. The van der Waals surface area contributed by atoms with E-state index in [0.717, 1.165) is 36.7 Å². The summed E-state index contributed by atoms with van der Waals surface area (Å²) in [4.78, 5) is 28.1. The molecular weight excluding hydrogens is 316 g/mol. The number of pyridine rings is 1. The first-order valence-corrected chi connectivity index (χ1v) is 8.19. The van der Waals surface area contributed by atoms with Gasteiger partial charge in [-0.1, -0.05) is 29.8 Å². The number of aromatic amines is 1. The van der Waals surface area contributed by atoms with E-state index in [0.29, 0.717) is 10.6 Å². The number of Topliss-reactive ketones (excluding diaryl/α,β-unsaturated/α-hetero) is 1. The zero-order valence-corrected chi connectivity index (χ0v) is 13.8. The summed E-state index contributed by atoms with van der Waals surface area (Å²) in [7, 11) is 1.52. The van der Waals surface area contributed by atoms with Crippen LogP contribution in [0.1, 0.15) is 41.5 Å². The van der Waals surface area contributed by atoms with Crippen LogP contribution in [0.5, 0.6) is 0 Å². The van der Waals surface area contributed by atoms with Crippen LogP contribution in [-0.4, -0.2) is 21.8 Å². The highest BCUT2D eigenvalue weighted by Crippen LogP contribution is 2.21. The van der Waals surface area contributed by atoms with Crippen molar-refractivity contribution in [3.05, 3.63) is 39.5 Å². The van der Waals surface area contributed by atoms with Crippen molar-refractivity contribution in [1.29, 1.82) is 5.26 Å². The fraction of sp³-hybridized carbons (Fsp3) is 0.400. The Hall–Kier alpha value is -2.40. The van der Waals surface area contributed by atoms with Crippen LogP contribution in [0.15, 0.2) is 26.5 Å². The van der Waals surface area contributed by atoms with Crippen molar-refractivity contribution in [3.8, 4) is 6.07 Å². The van der Waals surface area contributed by atoms with Crippen molar-refractivity contribution in [2.45, 2.75) is 31.2 Å². The maximum atomic E-state index is 12.1. The van der Waals surface area contributed by atoms with Crippen molar-refractivity contribution < 1.29 is 14.0 Å². The number of carbonyl (C=O) groups is 1. The van der Waals surface area contributed by atoms with Gasteiger partial charge in [-0.2, -0.15) is 5.26 Å². The molecule has 2 rings (SSSR count). The summed E-state index contributed by atoms with van der Waals surface area (Å²) < 4.78 is 5.80. The molecule has 8 heteroatoms. The van der Waals surface area contributed by atoms with Crippen LogP contribution in [0.3, 0.4) is 0 Å². The lowest BCUT2D eigenvalue weighted by molar-refractivity contribution is -0.741. The second kappa shape index (κ2) is 7.74. The Morgan fingerprint density at radius 2 is 2.30 bits per heavy atom. The molecule has 0 aromatic carbocycles. The van der Waals surface area contributed by atoms with E-state index in [4.69, 9.17) is 5.26 Å². The molecule has 0 bridgehead atoms. The summed E-state index contributed by atoms with van der Waals surface area (Å²) >= 11 is 1.15. The molecule has 0 atom stereocenters. The molecule has 0 saturated carbocycles. The van der Waals surface area contributed by atoms with Crippen molar-refractivity contribution in [2.24, 2.45) is 7.05 Å². The molecule has 2 heterocycles. The van der Waals surface area contributed by atoms with Crippen LogP contribution in [0.4, 0.5) is 0 Å². The summed E-state index contributed by atoms with van der Waals surface area (Å²) in [5.41, 5.74) is 0.558. The van der Waals surface area contributed by atoms with Crippen molar-refractivity contribution in [3.63, 3.8) is 0 Å². The average molecular weight is 333 g/mol. The number of H-pyrrole nitrogens is 1. The van der Waals surface area contributed by atoms with Crippen LogP contribution >= 0.6 is 11.8 Å². The van der Waals surface area contributed by atoms with Gasteiger partial charge in [-0.15, -0.1) is 0 Å². The minimum atomic E-state index is -0.705. The number of nitriles is 1. The number of nitrogens with zero attached hydrogens (tertiary/aromatic N) is 3. The standard InChI is InChI=1S/C15H16N4O3S/c1-3-4-5-11-7-6-10(8-16)14(17-11)23-9-12(20)13-15(21)22-18-19(13)2/h6-7H,3-5,9H2,1-2H3/p+1. The van der Waals surface area contributed by atoms with Crippen molar-refractivity contribution in [2.75, 3.05) is 5.75 Å². The molecule has 1 N–H and O–H groups in total. The average Bonchev–Trinajstić information content (AvgIpc) is 2.89. The SMILES string of the molecule is CCCCc1ccc(C#N)c(SCC(=O)c2c(=O)o[nH][n+]2C)n1. The normalized spacial score (nSPS) is 10.5. The van der Waals surface area contributed by atoms with Crippen LogP contribution in [0.2, 0.25) is 0 Å². The molecule has 0 amide bonds. The number of nitrogens with one attached hydrogen (secondary N) is 1. The van der Waals surface area contributed by atoms with E-state index in [2.05, 4.69) is 27.8 Å². The highest BCUT2D eigenvalue weighted by molar-refractivity contribution is 8.00. The summed E-state index contributed by atoms with van der Waals surface area (Å²) in [6, 6.07) is 5.63. The third-order valence-corrected chi connectivity index (χ3v) is 4.22. The molecular formula is C15H17N4O3S+. The van der Waals surface area contributed by atoms with E-state index < -0.39 is 5.63 Å². The summed E-state index contributed by atoms with van der Waals surface area (Å²) in [6.45, 7) is 2.10. The summed E-state index contributed by atoms with van der Waals surface area (Å²) in [5, 5.41) is 12.0. The lowest BCUT2D eigenvalue weighted by atomic mass is 10.2. The molecule has 0 spiro atoms. The highest BCUT2D eigenvalue weighted by Gasteiger charge is 2.26. The van der Waals surface area contributed by atoms with Crippen LogP contribution in [-0.2, 0) is 13.5 Å². The molecule has 0 aliphatic rings. The fourth-order valence-corrected chi connectivity index (χ4v) is 2.87. The minimum Gasteiger partial charge on any atom is -0.286 e. The molecule has 7 nitrogen and oxygen atoms in total. The number of aryl methyl sites for hydroxylation is 2. The topological polar surface area (TPSA) is 104 Å². The molecule has 0 unspecified atom stereocenters. The van der Waals surface area contributed by atoms with Crippen molar-refractivity contribution >= 4 is 17.5 Å². The van der Waals surface area contributed by atoms with E-state index in [1.807, 2.05) is 6.07 Å². The van der Waals surface area contributed by atoms with Crippen LogP contribution in [0.25, 0.3) is 0 Å². The van der Waals surface area contributed by atoms with E-state index in [9.17, 15) is 9.59 Å². The number of hydrogen-bond acceptors (Lipinski definition) is 6. The second-order valence-electron chi connectivity index (χ2n) is 4.97. The Kier molecular flexibility index (Phi) is 5.71. The number of ketones is 1. The van der Waals surface area contributed by atoms with Gasteiger partial charge in [0, 0.05) is 5.69 Å². The summed E-state index contributed by atoms with van der Waals surface area (Å²) in [6.07, 6.45) is 2.91. The first-order chi connectivity index (χ1) is 11.1. The molecule has 0 saturated heterocycles. The molecule has 0 aliphatic heterocycles. The van der Waals surface area contributed by atoms with Gasteiger partial charge in [-0.25, -0.2) is 9.78 Å². The number of thioether (sulfide) groups is 1. The minimum absolute atomic E-state index is 0.00929. The molecule has 2 aromatic heterocycles. The Morgan fingerprint density at radius 3 is 2.91 bits per heavy atom. The first kappa shape index (κ1) is 17.0. The predicted molar refractivity (Wildman–Crippen MR) is 83.1 cm³/mol. The third-order valence-electron chi connectivity index (χ3n) is 3.23. The van der Waals surface area contributed by atoms with E-state index in [-0.39, 0.29) is 17.2 Å². The van der Waals surface area contributed by atoms with Crippen molar-refractivity contribution in [1.82, 2.24) is 10.3 Å². The van der Waals surface area contributed by atoms with E-state index >= 15 is 0 Å². The second-order valence-corrected chi connectivity index (χ2v) is 5.93. The molecule has 0 aliphatic carbocycles. The Bertz CT molecular complexity index is 804. The highest BCUT2D eigenvalue weighted by atomic mass is 32.2.